The number of nitrogens with zero attached hydrogens (tertiary/aromatic N) is 4. The smallest absolute Gasteiger partial charge is 0.340 e. The average molecular weight is 400 g/mol. The van der Waals surface area contributed by atoms with Crippen LogP contribution in [0.25, 0.3) is 5.69 Å². The second-order valence-corrected chi connectivity index (χ2v) is 6.51. The maximum absolute atomic E-state index is 12.3. The molecule has 0 atom stereocenters. The molecule has 0 spiro atoms. The van der Waals surface area contributed by atoms with Crippen LogP contribution < -0.4 is 10.6 Å². The molecule has 10 nitrogen and oxygen atoms in total. The Kier molecular flexibility index (Phi) is 6.41. The summed E-state index contributed by atoms with van der Waals surface area (Å²) >= 11 is 1.59. The van der Waals surface area contributed by atoms with Gasteiger partial charge >= 0.3 is 12.0 Å². The summed E-state index contributed by atoms with van der Waals surface area (Å²) in [5, 5.41) is 17.4. The summed E-state index contributed by atoms with van der Waals surface area (Å²) < 4.78 is 6.28. The predicted molar refractivity (Wildman–Crippen MR) is 99.0 cm³/mol. The quantitative estimate of drug-likeness (QED) is 0.565. The molecule has 3 rings (SSSR count). The Labute approximate surface area is 163 Å². The molecule has 0 aliphatic carbocycles. The van der Waals surface area contributed by atoms with Crippen LogP contribution >= 0.6 is 11.3 Å². The fraction of sp³-hybridized carbons (Fsp3) is 0.176. The molecule has 0 saturated carbocycles. The zero-order chi connectivity index (χ0) is 19.8. The van der Waals surface area contributed by atoms with E-state index in [-0.39, 0.29) is 5.56 Å². The van der Waals surface area contributed by atoms with Gasteiger partial charge in [0.05, 0.1) is 11.3 Å². The first-order chi connectivity index (χ1) is 13.6. The molecular formula is C17H16N6O4S. The molecule has 3 aromatic rings. The van der Waals surface area contributed by atoms with Crippen molar-refractivity contribution in [3.63, 3.8) is 0 Å². The number of ether oxygens (including phenoxy) is 1. The summed E-state index contributed by atoms with van der Waals surface area (Å²) in [5.74, 6) is -1.47. The summed E-state index contributed by atoms with van der Waals surface area (Å²) in [5.41, 5.74) is 0.590. The summed E-state index contributed by atoms with van der Waals surface area (Å²) in [4.78, 5) is 36.9. The van der Waals surface area contributed by atoms with Crippen LogP contribution in [0.3, 0.4) is 0 Å². The van der Waals surface area contributed by atoms with E-state index >= 15 is 0 Å². The molecule has 0 bridgehead atoms. The number of urea groups is 1. The van der Waals surface area contributed by atoms with Crippen molar-refractivity contribution in [3.8, 4) is 5.69 Å². The highest BCUT2D eigenvalue weighted by molar-refractivity contribution is 7.09. The number of rotatable bonds is 7. The molecule has 144 valence electrons. The van der Waals surface area contributed by atoms with E-state index in [1.165, 1.54) is 17.1 Å². The minimum atomic E-state index is -0.737. The van der Waals surface area contributed by atoms with E-state index in [4.69, 9.17) is 4.74 Å². The molecule has 0 radical (unpaired) electrons. The van der Waals surface area contributed by atoms with Gasteiger partial charge in [-0.05, 0) is 40.4 Å². The van der Waals surface area contributed by atoms with Crippen LogP contribution in [0.2, 0.25) is 0 Å². The van der Waals surface area contributed by atoms with Gasteiger partial charge in [-0.1, -0.05) is 18.2 Å². The zero-order valence-electron chi connectivity index (χ0n) is 14.6. The first-order valence-electron chi connectivity index (χ1n) is 8.23. The van der Waals surface area contributed by atoms with Crippen LogP contribution in [0.15, 0.2) is 48.1 Å². The summed E-state index contributed by atoms with van der Waals surface area (Å²) in [6.45, 7) is -0.208. The Morgan fingerprint density at radius 2 is 2.00 bits per heavy atom. The van der Waals surface area contributed by atoms with Gasteiger partial charge in [0.15, 0.2) is 6.61 Å². The van der Waals surface area contributed by atoms with E-state index in [0.29, 0.717) is 18.7 Å². The van der Waals surface area contributed by atoms with Crippen molar-refractivity contribution in [1.82, 2.24) is 30.8 Å². The van der Waals surface area contributed by atoms with Crippen molar-refractivity contribution in [2.45, 2.75) is 6.42 Å². The Bertz CT molecular complexity index is 942. The number of amides is 3. The highest BCUT2D eigenvalue weighted by atomic mass is 32.1. The van der Waals surface area contributed by atoms with Gasteiger partial charge in [0, 0.05) is 11.4 Å². The number of hydrogen-bond donors (Lipinski definition) is 2. The van der Waals surface area contributed by atoms with Gasteiger partial charge in [-0.3, -0.25) is 10.1 Å². The molecule has 1 aromatic carbocycles. The maximum Gasteiger partial charge on any atom is 0.340 e. The van der Waals surface area contributed by atoms with Crippen LogP contribution in [-0.4, -0.2) is 51.3 Å². The predicted octanol–water partition coefficient (Wildman–Crippen LogP) is 0.949. The largest absolute Gasteiger partial charge is 0.452 e. The van der Waals surface area contributed by atoms with Crippen molar-refractivity contribution >= 4 is 29.2 Å². The number of nitrogens with one attached hydrogen (secondary N) is 2. The molecule has 0 unspecified atom stereocenters. The monoisotopic (exact) mass is 400 g/mol. The van der Waals surface area contributed by atoms with Gasteiger partial charge < -0.3 is 10.1 Å². The normalized spacial score (nSPS) is 10.3. The molecule has 3 amide bonds. The zero-order valence-corrected chi connectivity index (χ0v) is 15.4. The molecule has 0 saturated heterocycles. The molecule has 2 aromatic heterocycles. The number of aromatic nitrogens is 4. The summed E-state index contributed by atoms with van der Waals surface area (Å²) in [6, 6.07) is 9.75. The highest BCUT2D eigenvalue weighted by Gasteiger charge is 2.17. The third-order valence-corrected chi connectivity index (χ3v) is 4.48. The number of hydrogen-bond acceptors (Lipinski definition) is 8. The third-order valence-electron chi connectivity index (χ3n) is 3.54. The lowest BCUT2D eigenvalue weighted by Crippen LogP contribution is -2.42. The minimum absolute atomic E-state index is 0.183. The number of tetrazole rings is 1. The van der Waals surface area contributed by atoms with E-state index < -0.39 is 24.5 Å². The second-order valence-electron chi connectivity index (χ2n) is 5.48. The molecule has 0 aliphatic rings. The van der Waals surface area contributed by atoms with E-state index in [0.717, 1.165) is 4.88 Å². The van der Waals surface area contributed by atoms with E-state index in [1.807, 2.05) is 17.5 Å². The molecule has 0 aliphatic heterocycles. The van der Waals surface area contributed by atoms with Crippen LogP contribution in [0.4, 0.5) is 4.79 Å². The number of esters is 1. The van der Waals surface area contributed by atoms with Crippen LogP contribution in [-0.2, 0) is 16.0 Å². The first kappa shape index (κ1) is 19.2. The van der Waals surface area contributed by atoms with Crippen LogP contribution in [0.1, 0.15) is 15.2 Å². The van der Waals surface area contributed by atoms with Crippen molar-refractivity contribution in [3.05, 3.63) is 58.5 Å². The van der Waals surface area contributed by atoms with Gasteiger partial charge in [-0.25, -0.2) is 9.59 Å². The average Bonchev–Trinajstić information content (AvgIpc) is 3.40. The van der Waals surface area contributed by atoms with Crippen LogP contribution in [0, 0.1) is 0 Å². The Morgan fingerprint density at radius 1 is 1.14 bits per heavy atom. The topological polar surface area (TPSA) is 128 Å². The number of benzene rings is 1. The lowest BCUT2D eigenvalue weighted by atomic mass is 10.2. The molecule has 0 fully saturated rings. The Hall–Kier alpha value is -3.60. The number of imide groups is 1. The SMILES string of the molecule is O=C(COC(=O)c1ccccc1-n1cnnn1)NC(=O)NCCc1cccs1. The van der Waals surface area contributed by atoms with Crippen molar-refractivity contribution < 1.29 is 19.1 Å². The first-order valence-corrected chi connectivity index (χ1v) is 9.11. The maximum atomic E-state index is 12.3. The van der Waals surface area contributed by atoms with Gasteiger partial charge in [-0.2, -0.15) is 4.68 Å². The van der Waals surface area contributed by atoms with E-state index in [9.17, 15) is 14.4 Å². The minimum Gasteiger partial charge on any atom is -0.452 e. The number of thiophene rings is 1. The van der Waals surface area contributed by atoms with Gasteiger partial charge in [0.1, 0.15) is 6.33 Å². The lowest BCUT2D eigenvalue weighted by Gasteiger charge is -2.09. The summed E-state index contributed by atoms with van der Waals surface area (Å²) in [7, 11) is 0. The van der Waals surface area contributed by atoms with Gasteiger partial charge in [0.2, 0.25) is 0 Å². The Morgan fingerprint density at radius 3 is 2.75 bits per heavy atom. The standard InChI is InChI=1S/C17H16N6O4S/c24-15(20-17(26)18-8-7-12-4-3-9-28-12)10-27-16(25)13-5-1-2-6-14(13)23-11-19-21-22-23/h1-6,9,11H,7-8,10H2,(H2,18,20,24,26). The lowest BCUT2D eigenvalue weighted by molar-refractivity contribution is -0.123. The summed E-state index contributed by atoms with van der Waals surface area (Å²) in [6.07, 6.45) is 2.00. The second kappa shape index (κ2) is 9.37. The van der Waals surface area contributed by atoms with E-state index in [2.05, 4.69) is 26.2 Å². The highest BCUT2D eigenvalue weighted by Crippen LogP contribution is 2.13. The molecule has 11 heteroatoms. The van der Waals surface area contributed by atoms with Crippen molar-refractivity contribution in [1.29, 1.82) is 0 Å². The van der Waals surface area contributed by atoms with Gasteiger partial charge in [0.25, 0.3) is 5.91 Å². The van der Waals surface area contributed by atoms with Crippen molar-refractivity contribution in [2.24, 2.45) is 0 Å². The molecule has 2 heterocycles. The number of carbonyl (C=O) groups excluding carboxylic acids is 3. The Balaban J connectivity index is 1.45. The van der Waals surface area contributed by atoms with Gasteiger partial charge in [-0.15, -0.1) is 16.4 Å². The fourth-order valence-electron chi connectivity index (χ4n) is 2.29. The number of para-hydroxylation sites is 1. The van der Waals surface area contributed by atoms with Crippen LogP contribution in [0.5, 0.6) is 0 Å². The van der Waals surface area contributed by atoms with E-state index in [1.54, 1.807) is 29.5 Å². The van der Waals surface area contributed by atoms with Crippen molar-refractivity contribution in [2.75, 3.05) is 13.2 Å². The third kappa shape index (κ3) is 5.20. The molecule has 28 heavy (non-hydrogen) atoms. The fourth-order valence-corrected chi connectivity index (χ4v) is 3.00. The molecular weight excluding hydrogens is 384 g/mol. The number of carbonyl (C=O) groups is 3. The molecule has 2 N–H and O–H groups in total.